The van der Waals surface area contributed by atoms with Crippen LogP contribution in [-0.4, -0.2) is 49.3 Å². The minimum absolute atomic E-state index is 0.132. The highest BCUT2D eigenvalue weighted by Crippen LogP contribution is 2.25. The number of hydrogen-bond acceptors (Lipinski definition) is 6. The molecule has 0 radical (unpaired) electrons. The van der Waals surface area contributed by atoms with Gasteiger partial charge in [0.1, 0.15) is 0 Å². The molecular formula is C20H23N3O5S. The molecule has 1 saturated heterocycles. The van der Waals surface area contributed by atoms with Gasteiger partial charge in [0, 0.05) is 31.2 Å². The third kappa shape index (κ3) is 5.18. The van der Waals surface area contributed by atoms with E-state index in [-0.39, 0.29) is 10.5 Å². The maximum Gasteiger partial charge on any atom is 0.340 e. The maximum atomic E-state index is 12.8. The minimum atomic E-state index is -3.61. The van der Waals surface area contributed by atoms with E-state index in [0.717, 1.165) is 19.3 Å². The number of piperidine rings is 1. The van der Waals surface area contributed by atoms with Crippen molar-refractivity contribution in [3.05, 3.63) is 53.9 Å². The molecule has 1 aromatic carbocycles. The number of nitrogens with one attached hydrogen (secondary N) is 1. The van der Waals surface area contributed by atoms with Crippen LogP contribution in [0.5, 0.6) is 0 Å². The number of aryl methyl sites for hydroxylation is 1. The molecule has 1 N–H and O–H groups in total. The molecule has 154 valence electrons. The van der Waals surface area contributed by atoms with Crippen molar-refractivity contribution in [1.29, 1.82) is 0 Å². The first-order chi connectivity index (χ1) is 13.9. The summed E-state index contributed by atoms with van der Waals surface area (Å²) >= 11 is 0. The highest BCUT2D eigenvalue weighted by molar-refractivity contribution is 7.89. The molecule has 1 aromatic heterocycles. The number of anilines is 1. The van der Waals surface area contributed by atoms with E-state index in [1.54, 1.807) is 19.1 Å². The second-order valence-electron chi connectivity index (χ2n) is 6.81. The molecule has 2 aromatic rings. The number of hydrogen-bond donors (Lipinski definition) is 1. The van der Waals surface area contributed by atoms with Gasteiger partial charge in [-0.25, -0.2) is 13.2 Å². The van der Waals surface area contributed by atoms with Crippen molar-refractivity contribution in [2.45, 2.75) is 31.1 Å². The van der Waals surface area contributed by atoms with Gasteiger partial charge >= 0.3 is 5.97 Å². The quantitative estimate of drug-likeness (QED) is 0.724. The van der Waals surface area contributed by atoms with Gasteiger partial charge in [-0.3, -0.25) is 9.78 Å². The molecule has 0 spiro atoms. The van der Waals surface area contributed by atoms with Crippen molar-refractivity contribution >= 4 is 27.6 Å². The highest BCUT2D eigenvalue weighted by Gasteiger charge is 2.26. The predicted octanol–water partition coefficient (Wildman–Crippen LogP) is 2.36. The molecule has 1 amide bonds. The normalized spacial score (nSPS) is 14.9. The molecule has 1 aliphatic rings. The SMILES string of the molecule is Cc1ccc(S(=O)(=O)N2CCCCC2)cc1NC(=O)COC(=O)c1cccnc1. The smallest absolute Gasteiger partial charge is 0.340 e. The first-order valence-corrected chi connectivity index (χ1v) is 10.8. The lowest BCUT2D eigenvalue weighted by molar-refractivity contribution is -0.119. The summed E-state index contributed by atoms with van der Waals surface area (Å²) in [6.45, 7) is 2.27. The van der Waals surface area contributed by atoms with E-state index >= 15 is 0 Å². The van der Waals surface area contributed by atoms with E-state index in [1.807, 2.05) is 0 Å². The lowest BCUT2D eigenvalue weighted by Gasteiger charge is -2.26. The van der Waals surface area contributed by atoms with Crippen molar-refractivity contribution in [2.24, 2.45) is 0 Å². The van der Waals surface area contributed by atoms with Crippen LogP contribution < -0.4 is 5.32 Å². The second-order valence-corrected chi connectivity index (χ2v) is 8.75. The zero-order valence-corrected chi connectivity index (χ0v) is 16.9. The molecule has 9 heteroatoms. The monoisotopic (exact) mass is 417 g/mol. The van der Waals surface area contributed by atoms with Gasteiger partial charge in [0.15, 0.2) is 6.61 Å². The Morgan fingerprint density at radius 3 is 2.62 bits per heavy atom. The van der Waals surface area contributed by atoms with Gasteiger partial charge in [0.25, 0.3) is 5.91 Å². The first kappa shape index (κ1) is 20.9. The Bertz CT molecular complexity index is 986. The fraction of sp³-hybridized carbons (Fsp3) is 0.350. The number of amides is 1. The average Bonchev–Trinajstić information content (AvgIpc) is 2.74. The summed E-state index contributed by atoms with van der Waals surface area (Å²) in [6.07, 6.45) is 5.59. The van der Waals surface area contributed by atoms with E-state index in [2.05, 4.69) is 10.3 Å². The molecule has 8 nitrogen and oxygen atoms in total. The van der Waals surface area contributed by atoms with Crippen LogP contribution >= 0.6 is 0 Å². The molecule has 2 heterocycles. The van der Waals surface area contributed by atoms with Crippen LogP contribution in [0.15, 0.2) is 47.6 Å². The Hall–Kier alpha value is -2.78. The van der Waals surface area contributed by atoms with Crippen LogP contribution in [0.1, 0.15) is 35.2 Å². The fourth-order valence-corrected chi connectivity index (χ4v) is 4.58. The number of benzene rings is 1. The topological polar surface area (TPSA) is 106 Å². The van der Waals surface area contributed by atoms with Crippen molar-refractivity contribution < 1.29 is 22.7 Å². The number of ether oxygens (including phenoxy) is 1. The Labute approximate surface area is 169 Å². The summed E-state index contributed by atoms with van der Waals surface area (Å²) in [4.78, 5) is 28.1. The van der Waals surface area contributed by atoms with Gasteiger partial charge in [-0.2, -0.15) is 4.31 Å². The lowest BCUT2D eigenvalue weighted by atomic mass is 10.2. The zero-order chi connectivity index (χ0) is 20.9. The van der Waals surface area contributed by atoms with Crippen LogP contribution in [0.2, 0.25) is 0 Å². The fourth-order valence-electron chi connectivity index (χ4n) is 3.03. The number of sulfonamides is 1. The molecule has 1 aliphatic heterocycles. The molecule has 3 rings (SSSR count). The molecule has 0 saturated carbocycles. The number of carbonyl (C=O) groups is 2. The Kier molecular flexibility index (Phi) is 6.60. The van der Waals surface area contributed by atoms with Gasteiger partial charge in [-0.15, -0.1) is 0 Å². The van der Waals surface area contributed by atoms with Gasteiger partial charge in [0.2, 0.25) is 10.0 Å². The highest BCUT2D eigenvalue weighted by atomic mass is 32.2. The summed E-state index contributed by atoms with van der Waals surface area (Å²) in [7, 11) is -3.61. The largest absolute Gasteiger partial charge is 0.452 e. The lowest BCUT2D eigenvalue weighted by Crippen LogP contribution is -2.35. The van der Waals surface area contributed by atoms with Crippen LogP contribution in [0.25, 0.3) is 0 Å². The molecular weight excluding hydrogens is 394 g/mol. The van der Waals surface area contributed by atoms with Crippen molar-refractivity contribution in [2.75, 3.05) is 25.0 Å². The number of rotatable bonds is 6. The van der Waals surface area contributed by atoms with Gasteiger partial charge < -0.3 is 10.1 Å². The Balaban J connectivity index is 1.66. The average molecular weight is 417 g/mol. The summed E-state index contributed by atoms with van der Waals surface area (Å²) < 4.78 is 32.1. The second kappa shape index (κ2) is 9.15. The van der Waals surface area contributed by atoms with E-state index in [0.29, 0.717) is 24.3 Å². The summed E-state index contributed by atoms with van der Waals surface area (Å²) in [5.41, 5.74) is 1.31. The van der Waals surface area contributed by atoms with Crippen molar-refractivity contribution in [3.8, 4) is 0 Å². The molecule has 0 bridgehead atoms. The summed E-state index contributed by atoms with van der Waals surface area (Å²) in [6, 6.07) is 7.76. The minimum Gasteiger partial charge on any atom is -0.452 e. The molecule has 29 heavy (non-hydrogen) atoms. The van der Waals surface area contributed by atoms with Crippen LogP contribution in [0, 0.1) is 6.92 Å². The van der Waals surface area contributed by atoms with E-state index in [4.69, 9.17) is 4.74 Å². The van der Waals surface area contributed by atoms with Gasteiger partial charge in [0.05, 0.1) is 10.5 Å². The van der Waals surface area contributed by atoms with E-state index in [9.17, 15) is 18.0 Å². The van der Waals surface area contributed by atoms with Crippen LogP contribution in [0.3, 0.4) is 0 Å². The van der Waals surface area contributed by atoms with E-state index in [1.165, 1.54) is 34.9 Å². The van der Waals surface area contributed by atoms with Crippen molar-refractivity contribution in [1.82, 2.24) is 9.29 Å². The van der Waals surface area contributed by atoms with Crippen LogP contribution in [0.4, 0.5) is 5.69 Å². The third-order valence-electron chi connectivity index (χ3n) is 4.67. The summed E-state index contributed by atoms with van der Waals surface area (Å²) in [5.74, 6) is -1.22. The molecule has 0 unspecified atom stereocenters. The van der Waals surface area contributed by atoms with Crippen LogP contribution in [-0.2, 0) is 19.6 Å². The van der Waals surface area contributed by atoms with Gasteiger partial charge in [-0.05, 0) is 49.6 Å². The standard InChI is InChI=1S/C20H23N3O5S/c1-15-7-8-17(29(26,27)23-10-3-2-4-11-23)12-18(15)22-19(24)14-28-20(25)16-6-5-9-21-13-16/h5-9,12-13H,2-4,10-11,14H2,1H3,(H,22,24). The number of carbonyl (C=O) groups excluding carboxylic acids is 2. The third-order valence-corrected chi connectivity index (χ3v) is 6.56. The number of aromatic nitrogens is 1. The molecule has 0 aliphatic carbocycles. The zero-order valence-electron chi connectivity index (χ0n) is 16.1. The number of nitrogens with zero attached hydrogens (tertiary/aromatic N) is 2. The van der Waals surface area contributed by atoms with Crippen molar-refractivity contribution in [3.63, 3.8) is 0 Å². The predicted molar refractivity (Wildman–Crippen MR) is 107 cm³/mol. The van der Waals surface area contributed by atoms with E-state index < -0.39 is 28.5 Å². The Morgan fingerprint density at radius 2 is 1.93 bits per heavy atom. The molecule has 1 fully saturated rings. The van der Waals surface area contributed by atoms with Gasteiger partial charge in [-0.1, -0.05) is 12.5 Å². The summed E-state index contributed by atoms with van der Waals surface area (Å²) in [5, 5.41) is 2.62. The number of esters is 1. The first-order valence-electron chi connectivity index (χ1n) is 9.36. The molecule has 0 atom stereocenters. The maximum absolute atomic E-state index is 12.8. The number of pyridine rings is 1. The Morgan fingerprint density at radius 1 is 1.17 bits per heavy atom.